The molecule has 0 bridgehead atoms. The first-order chi connectivity index (χ1) is 19.3. The molecule has 3 aromatic carbocycles. The van der Waals surface area contributed by atoms with Crippen molar-refractivity contribution in [1.82, 2.24) is 9.66 Å². The van der Waals surface area contributed by atoms with Crippen molar-refractivity contribution in [3.63, 3.8) is 0 Å². The van der Waals surface area contributed by atoms with Gasteiger partial charge >= 0.3 is 0 Å². The normalized spacial score (nSPS) is 14.1. The Bertz CT molecular complexity index is 1660. The average molecular weight is 670 g/mol. The summed E-state index contributed by atoms with van der Waals surface area (Å²) < 4.78 is 14.6. The van der Waals surface area contributed by atoms with E-state index in [0.717, 1.165) is 34.6 Å². The Morgan fingerprint density at radius 2 is 1.90 bits per heavy atom. The van der Waals surface area contributed by atoms with E-state index in [-0.39, 0.29) is 23.8 Å². The van der Waals surface area contributed by atoms with Crippen LogP contribution < -0.4 is 15.0 Å². The fraction of sp³-hybridized carbons (Fsp3) is 0.276. The van der Waals surface area contributed by atoms with Gasteiger partial charge in [0.05, 0.1) is 29.2 Å². The topological polar surface area (TPSA) is 109 Å². The van der Waals surface area contributed by atoms with Crippen molar-refractivity contribution in [3.05, 3.63) is 101 Å². The number of rotatable bonds is 8. The second-order valence-electron chi connectivity index (χ2n) is 9.57. The average Bonchev–Trinajstić information content (AvgIpc) is 2.96. The van der Waals surface area contributed by atoms with Crippen molar-refractivity contribution in [1.29, 1.82) is 0 Å². The van der Waals surface area contributed by atoms with E-state index in [0.29, 0.717) is 39.4 Å². The van der Waals surface area contributed by atoms with E-state index >= 15 is 0 Å². The Labute approximate surface area is 247 Å². The number of non-ortho nitro benzene ring substituents is 1. The molecule has 0 amide bonds. The van der Waals surface area contributed by atoms with Crippen LogP contribution in [0.1, 0.15) is 55.0 Å². The zero-order chi connectivity index (χ0) is 28.2. The Kier molecular flexibility index (Phi) is 8.60. The van der Waals surface area contributed by atoms with Gasteiger partial charge in [0, 0.05) is 32.6 Å². The molecule has 5 rings (SSSR count). The molecule has 206 valence electrons. The van der Waals surface area contributed by atoms with Gasteiger partial charge in [-0.05, 0) is 48.7 Å². The van der Waals surface area contributed by atoms with Crippen LogP contribution in [0.15, 0.2) is 73.4 Å². The molecule has 1 saturated carbocycles. The predicted octanol–water partition coefficient (Wildman–Crippen LogP) is 7.35. The number of nitrogens with zero attached hydrogens (tertiary/aromatic N) is 4. The summed E-state index contributed by atoms with van der Waals surface area (Å²) in [6.07, 6.45) is 6.81. The maximum Gasteiger partial charge on any atom is 0.282 e. The van der Waals surface area contributed by atoms with Crippen molar-refractivity contribution in [3.8, 4) is 11.5 Å². The number of hydrogen-bond donors (Lipinski definition) is 0. The third-order valence-corrected chi connectivity index (χ3v) is 7.84. The van der Waals surface area contributed by atoms with E-state index in [9.17, 15) is 14.9 Å². The maximum atomic E-state index is 13.7. The molecule has 9 nitrogen and oxygen atoms in total. The quantitative estimate of drug-likeness (QED) is 0.110. The van der Waals surface area contributed by atoms with E-state index in [1.807, 2.05) is 18.2 Å². The van der Waals surface area contributed by atoms with Gasteiger partial charge in [0.2, 0.25) is 0 Å². The Morgan fingerprint density at radius 3 is 2.65 bits per heavy atom. The highest BCUT2D eigenvalue weighted by Gasteiger charge is 2.23. The highest BCUT2D eigenvalue weighted by Crippen LogP contribution is 2.35. The minimum atomic E-state index is -0.445. The van der Waals surface area contributed by atoms with Crippen molar-refractivity contribution < 1.29 is 14.4 Å². The summed E-state index contributed by atoms with van der Waals surface area (Å²) in [4.78, 5) is 29.4. The van der Waals surface area contributed by atoms with Gasteiger partial charge in [-0.25, -0.2) is 4.98 Å². The number of methoxy groups -OCH3 is 1. The number of nitro groups is 1. The van der Waals surface area contributed by atoms with Gasteiger partial charge in [0.25, 0.3) is 11.2 Å². The molecule has 1 fully saturated rings. The molecular weight excluding hydrogens is 644 g/mol. The Hall–Kier alpha value is -3.57. The lowest BCUT2D eigenvalue weighted by Crippen LogP contribution is -2.25. The minimum Gasteiger partial charge on any atom is -0.493 e. The number of halogens is 2. The van der Waals surface area contributed by atoms with Gasteiger partial charge in [-0.2, -0.15) is 9.78 Å². The van der Waals surface area contributed by atoms with Crippen LogP contribution in [0.4, 0.5) is 5.69 Å². The third kappa shape index (κ3) is 6.10. The van der Waals surface area contributed by atoms with Crippen LogP contribution in [-0.2, 0) is 6.61 Å². The molecule has 0 unspecified atom stereocenters. The van der Waals surface area contributed by atoms with Crippen molar-refractivity contribution in [2.75, 3.05) is 7.11 Å². The van der Waals surface area contributed by atoms with E-state index < -0.39 is 4.92 Å². The van der Waals surface area contributed by atoms with E-state index in [2.05, 4.69) is 37.0 Å². The summed E-state index contributed by atoms with van der Waals surface area (Å²) >= 11 is 6.97. The summed E-state index contributed by atoms with van der Waals surface area (Å²) in [5.41, 5.74) is 1.57. The molecule has 1 aromatic heterocycles. The number of nitro benzene ring substituents is 1. The molecular formula is C29H26Br2N4O5. The van der Waals surface area contributed by atoms with Gasteiger partial charge in [-0.15, -0.1) is 0 Å². The molecule has 0 spiro atoms. The second kappa shape index (κ2) is 12.3. The van der Waals surface area contributed by atoms with E-state index in [1.165, 1.54) is 30.3 Å². The van der Waals surface area contributed by atoms with Crippen LogP contribution in [0.25, 0.3) is 10.9 Å². The highest BCUT2D eigenvalue weighted by atomic mass is 79.9. The number of benzene rings is 3. The van der Waals surface area contributed by atoms with Crippen molar-refractivity contribution in [2.24, 2.45) is 5.10 Å². The van der Waals surface area contributed by atoms with Crippen molar-refractivity contribution in [2.45, 2.75) is 44.6 Å². The predicted molar refractivity (Wildman–Crippen MR) is 161 cm³/mol. The molecule has 0 N–H and O–H groups in total. The first-order valence-corrected chi connectivity index (χ1v) is 14.4. The number of aromatic nitrogens is 2. The fourth-order valence-electron chi connectivity index (χ4n) is 4.93. The molecule has 1 heterocycles. The molecule has 1 aliphatic carbocycles. The van der Waals surface area contributed by atoms with Crippen LogP contribution in [0.3, 0.4) is 0 Å². The molecule has 11 heteroatoms. The molecule has 0 saturated heterocycles. The van der Waals surface area contributed by atoms with Gasteiger partial charge in [-0.1, -0.05) is 63.3 Å². The maximum absolute atomic E-state index is 13.7. The first kappa shape index (κ1) is 28.0. The summed E-state index contributed by atoms with van der Waals surface area (Å²) in [5, 5.41) is 16.3. The standard InChI is InChI=1S/C29H26Br2N4O5/c1-39-26-15-22(31)13-20(27(26)40-17-18-6-5-9-23(12-18)35(37)38)16-32-34-28(19-7-3-2-4-8-19)33-25-11-10-21(30)14-24(25)29(34)36/h5-6,9-16,19H,2-4,7-8,17H2,1H3. The number of fused-ring (bicyclic) bond motifs is 1. The van der Waals surface area contributed by atoms with Gasteiger partial charge < -0.3 is 9.47 Å². The minimum absolute atomic E-state index is 0.0179. The van der Waals surface area contributed by atoms with Gasteiger partial charge in [0.15, 0.2) is 11.5 Å². The van der Waals surface area contributed by atoms with Crippen LogP contribution in [0, 0.1) is 10.1 Å². The molecule has 0 atom stereocenters. The number of hydrogen-bond acceptors (Lipinski definition) is 7. The molecule has 0 aliphatic heterocycles. The third-order valence-electron chi connectivity index (χ3n) is 6.89. The van der Waals surface area contributed by atoms with E-state index in [1.54, 1.807) is 30.5 Å². The van der Waals surface area contributed by atoms with Crippen LogP contribution in [0.5, 0.6) is 11.5 Å². The SMILES string of the molecule is COc1cc(Br)cc(C=Nn2c(C3CCCCC3)nc3ccc(Br)cc3c2=O)c1OCc1cccc([N+](=O)[O-])c1. The van der Waals surface area contributed by atoms with E-state index in [4.69, 9.17) is 14.5 Å². The monoisotopic (exact) mass is 668 g/mol. The Balaban J connectivity index is 1.57. The summed E-state index contributed by atoms with van der Waals surface area (Å²) in [7, 11) is 1.53. The zero-order valence-corrected chi connectivity index (χ0v) is 24.9. The van der Waals surface area contributed by atoms with Crippen molar-refractivity contribution >= 4 is 54.7 Å². The van der Waals surface area contributed by atoms with Crippen LogP contribution in [0.2, 0.25) is 0 Å². The van der Waals surface area contributed by atoms with Crippen LogP contribution >= 0.6 is 31.9 Å². The van der Waals surface area contributed by atoms with Gasteiger partial charge in [-0.3, -0.25) is 14.9 Å². The lowest BCUT2D eigenvalue weighted by molar-refractivity contribution is -0.384. The lowest BCUT2D eigenvalue weighted by atomic mass is 9.88. The smallest absolute Gasteiger partial charge is 0.282 e. The first-order valence-electron chi connectivity index (χ1n) is 12.8. The Morgan fingerprint density at radius 1 is 1.10 bits per heavy atom. The molecule has 40 heavy (non-hydrogen) atoms. The fourth-order valence-corrected chi connectivity index (χ4v) is 5.74. The summed E-state index contributed by atoms with van der Waals surface area (Å²) in [5.74, 6) is 1.62. The van der Waals surface area contributed by atoms with Gasteiger partial charge in [0.1, 0.15) is 12.4 Å². The summed E-state index contributed by atoms with van der Waals surface area (Å²) in [6, 6.07) is 15.3. The molecule has 1 aliphatic rings. The van der Waals surface area contributed by atoms with Crippen LogP contribution in [-0.4, -0.2) is 27.9 Å². The molecule has 0 radical (unpaired) electrons. The number of ether oxygens (including phenoxy) is 2. The zero-order valence-electron chi connectivity index (χ0n) is 21.7. The highest BCUT2D eigenvalue weighted by molar-refractivity contribution is 9.10. The summed E-state index contributed by atoms with van der Waals surface area (Å²) in [6.45, 7) is 0.0688. The second-order valence-corrected chi connectivity index (χ2v) is 11.4. The largest absolute Gasteiger partial charge is 0.493 e. The lowest BCUT2D eigenvalue weighted by Gasteiger charge is -2.23. The molecule has 4 aromatic rings.